The zero-order valence-electron chi connectivity index (χ0n) is 33.4. The van der Waals surface area contributed by atoms with Gasteiger partial charge in [-0.05, 0) is 58.4 Å². The van der Waals surface area contributed by atoms with E-state index in [9.17, 15) is 8.78 Å². The first-order chi connectivity index (χ1) is 24.5. The van der Waals surface area contributed by atoms with Crippen molar-refractivity contribution >= 4 is 40.2 Å². The van der Waals surface area contributed by atoms with E-state index in [2.05, 4.69) is 140 Å². The molecule has 0 aromatic heterocycles. The molecule has 4 aromatic carbocycles. The normalized spacial score (nSPS) is 16.7. The van der Waals surface area contributed by atoms with E-state index in [1.807, 2.05) is 0 Å². The molecule has 286 valence electrons. The standard InChI is InChI=1S/C25H25.C11H17.2C6H4F.CH2.2ClH.Zr/c1-14-12-24(3,4)22-8-16-7-17-9-23-19(15(2)13-25(23,5)6)11-21(17)20(16)10-18(14)22;1-5-9-6-7-10(8-9)11(2,3)4;2*7-6-4-2-1-3-5-6;;;;/h8-12H,7H2,1-6H3;7-9H,5H2,1-4H3;2*2-5H;1H2;2*1H;/q4*-1;;;;. The fraction of sp³-hybridized carbons (Fsp3) is 0.327. The molecule has 0 heterocycles. The van der Waals surface area contributed by atoms with E-state index in [4.69, 9.17) is 0 Å². The summed E-state index contributed by atoms with van der Waals surface area (Å²) in [6.45, 7) is 22.6. The fourth-order valence-electron chi connectivity index (χ4n) is 7.22. The third kappa shape index (κ3) is 11.3. The van der Waals surface area contributed by atoms with Crippen molar-refractivity contribution in [3.8, 4) is 11.1 Å². The topological polar surface area (TPSA) is 0 Å². The quantitative estimate of drug-likeness (QED) is 0.148. The number of rotatable bonds is 1. The van der Waals surface area contributed by atoms with Crippen molar-refractivity contribution in [3.05, 3.63) is 166 Å². The molecule has 1 unspecified atom stereocenters. The maximum absolute atomic E-state index is 11.9. The van der Waals surface area contributed by atoms with Gasteiger partial charge in [-0.3, -0.25) is 12.2 Å². The van der Waals surface area contributed by atoms with Crippen molar-refractivity contribution in [2.45, 2.75) is 92.9 Å². The van der Waals surface area contributed by atoms with E-state index in [0.717, 1.165) is 6.42 Å². The molecular weight excluding hydrogens is 789 g/mol. The summed E-state index contributed by atoms with van der Waals surface area (Å²) in [6, 6.07) is 26.8. The van der Waals surface area contributed by atoms with E-state index >= 15 is 0 Å². The van der Waals surface area contributed by atoms with Crippen LogP contribution in [0.15, 0.2) is 96.6 Å². The molecule has 0 radical (unpaired) electrons. The Kier molecular flexibility index (Phi) is 17.3. The first-order valence-corrected chi connectivity index (χ1v) is 19.8. The summed E-state index contributed by atoms with van der Waals surface area (Å²) in [6.07, 6.45) is 16.1. The van der Waals surface area contributed by atoms with Gasteiger partial charge in [-0.1, -0.05) is 104 Å². The van der Waals surface area contributed by atoms with Crippen LogP contribution in [-0.4, -0.2) is 4.21 Å². The van der Waals surface area contributed by atoms with Crippen LogP contribution < -0.4 is 0 Å². The van der Waals surface area contributed by atoms with Gasteiger partial charge in [0.15, 0.2) is 0 Å². The molecule has 0 aliphatic heterocycles. The van der Waals surface area contributed by atoms with E-state index in [1.54, 1.807) is 0 Å². The zero-order valence-corrected chi connectivity index (χ0v) is 37.5. The van der Waals surface area contributed by atoms with Crippen LogP contribution in [-0.2, 0) is 41.5 Å². The monoisotopic (exact) mass is 840 g/mol. The number of allylic oxidation sites excluding steroid dienone is 8. The summed E-state index contributed by atoms with van der Waals surface area (Å²) < 4.78 is 27.1. The Morgan fingerprint density at radius 3 is 1.65 bits per heavy atom. The third-order valence-corrected chi connectivity index (χ3v) is 9.93. The number of fused-ring (bicyclic) bond motifs is 5. The number of halogens is 4. The van der Waals surface area contributed by atoms with Gasteiger partial charge in [0.1, 0.15) is 0 Å². The van der Waals surface area contributed by atoms with Crippen LogP contribution in [0.25, 0.3) is 22.3 Å². The van der Waals surface area contributed by atoms with Crippen LogP contribution in [0.2, 0.25) is 0 Å². The van der Waals surface area contributed by atoms with Gasteiger partial charge in [-0.2, -0.15) is 53.6 Å². The second kappa shape index (κ2) is 19.8. The number of hydrogen-bond acceptors (Lipinski definition) is 0. The van der Waals surface area contributed by atoms with Crippen LogP contribution in [0.5, 0.6) is 0 Å². The molecule has 8 rings (SSSR count). The average molecular weight is 843 g/mol. The molecule has 4 aromatic rings. The van der Waals surface area contributed by atoms with Crippen LogP contribution in [0.1, 0.15) is 109 Å². The molecule has 1 atom stereocenters. The average Bonchev–Trinajstić information content (AvgIpc) is 3.84. The Hall–Kier alpha value is -2.97. The number of benzene rings is 4. The molecule has 5 heteroatoms. The molecule has 0 N–H and O–H groups in total. The molecule has 0 fully saturated rings. The van der Waals surface area contributed by atoms with Gasteiger partial charge in [0.25, 0.3) is 0 Å². The Morgan fingerprint density at radius 2 is 1.24 bits per heavy atom. The third-order valence-electron chi connectivity index (χ3n) is 9.93. The summed E-state index contributed by atoms with van der Waals surface area (Å²) in [7, 11) is 0. The second-order valence-electron chi connectivity index (χ2n) is 15.8. The van der Waals surface area contributed by atoms with Crippen LogP contribution in [0.4, 0.5) is 8.78 Å². The van der Waals surface area contributed by atoms with Gasteiger partial charge in [0, 0.05) is 17.0 Å². The van der Waals surface area contributed by atoms with Gasteiger partial charge < -0.3 is 0 Å². The van der Waals surface area contributed by atoms with Crippen molar-refractivity contribution in [2.24, 2.45) is 11.3 Å². The fourth-order valence-corrected chi connectivity index (χ4v) is 7.22. The first-order valence-electron chi connectivity index (χ1n) is 18.1. The van der Waals surface area contributed by atoms with Gasteiger partial charge in [0.2, 0.25) is 0 Å². The van der Waals surface area contributed by atoms with E-state index in [0.29, 0.717) is 11.3 Å². The summed E-state index contributed by atoms with van der Waals surface area (Å²) in [5.41, 5.74) is 16.3. The van der Waals surface area contributed by atoms with Crippen molar-refractivity contribution in [1.82, 2.24) is 0 Å². The Bertz CT molecular complexity index is 1870. The molecular formula is C49H54Cl2F2Zr-4. The van der Waals surface area contributed by atoms with E-state index in [1.165, 1.54) is 140 Å². The Morgan fingerprint density at radius 1 is 0.759 bits per heavy atom. The van der Waals surface area contributed by atoms with Gasteiger partial charge >= 0.3 is 28.4 Å². The molecule has 0 bridgehead atoms. The van der Waals surface area contributed by atoms with Crippen LogP contribution in [0, 0.1) is 47.3 Å². The summed E-state index contributed by atoms with van der Waals surface area (Å²) >= 11 is 1.30. The van der Waals surface area contributed by atoms with Gasteiger partial charge in [-0.25, -0.2) is 20.4 Å². The van der Waals surface area contributed by atoms with Crippen molar-refractivity contribution in [2.75, 3.05) is 0 Å². The molecule has 4 aliphatic rings. The van der Waals surface area contributed by atoms with E-state index < -0.39 is 0 Å². The molecule has 0 saturated heterocycles. The van der Waals surface area contributed by atoms with Crippen molar-refractivity contribution in [3.63, 3.8) is 0 Å². The summed E-state index contributed by atoms with van der Waals surface area (Å²) in [5.74, 6) is 0.154. The zero-order chi connectivity index (χ0) is 38.4. The van der Waals surface area contributed by atoms with E-state index in [-0.39, 0.29) is 47.3 Å². The number of hydrogen-bond donors (Lipinski definition) is 0. The van der Waals surface area contributed by atoms with Crippen molar-refractivity contribution < 1.29 is 33.0 Å². The molecule has 54 heavy (non-hydrogen) atoms. The Labute approximate surface area is 352 Å². The van der Waals surface area contributed by atoms with Gasteiger partial charge in [-0.15, -0.1) is 60.7 Å². The molecule has 0 amide bonds. The summed E-state index contributed by atoms with van der Waals surface area (Å²) in [5, 5.41) is 0. The summed E-state index contributed by atoms with van der Waals surface area (Å²) in [4.78, 5) is 0. The first kappa shape index (κ1) is 47.2. The van der Waals surface area contributed by atoms with Gasteiger partial charge in [0.05, 0.1) is 0 Å². The van der Waals surface area contributed by atoms with Crippen LogP contribution >= 0.6 is 24.8 Å². The molecule has 4 aliphatic carbocycles. The molecule has 0 nitrogen and oxygen atoms in total. The minimum absolute atomic E-state index is 0. The van der Waals surface area contributed by atoms with Crippen molar-refractivity contribution in [1.29, 1.82) is 0 Å². The van der Waals surface area contributed by atoms with Crippen LogP contribution in [0.3, 0.4) is 0 Å². The Balaban J connectivity index is 0.000000288. The molecule has 0 saturated carbocycles. The SMILES string of the molecule is CC1=[C-]C(C)(C)c2cc3c(cc21)-c1cc2c(cc1C3)C(C)(C)C=C2C.CCC1[C-]=CC(C(C)(C)C)=C1.Cl.Cl.Fc1cc[c-]cc1.Fc1cc[c-]cc1.[CH2]=[Zr]. The maximum atomic E-state index is 11.9. The molecule has 0 spiro atoms. The second-order valence-corrected chi connectivity index (χ2v) is 15.8. The predicted molar refractivity (Wildman–Crippen MR) is 228 cm³/mol. The minimum atomic E-state index is -0.209. The predicted octanol–water partition coefficient (Wildman–Crippen LogP) is 13.9.